The molecule has 2 aliphatic heterocycles. The summed E-state index contributed by atoms with van der Waals surface area (Å²) in [6, 6.07) is 2.94. The van der Waals surface area contributed by atoms with Crippen LogP contribution in [-0.4, -0.2) is 68.3 Å². The van der Waals surface area contributed by atoms with Gasteiger partial charge in [0.1, 0.15) is 0 Å². The molecule has 2 aliphatic rings. The van der Waals surface area contributed by atoms with E-state index in [1.807, 2.05) is 11.3 Å². The zero-order valence-corrected chi connectivity index (χ0v) is 14.5. The molecule has 1 aromatic heterocycles. The van der Waals surface area contributed by atoms with E-state index in [2.05, 4.69) is 33.5 Å². The number of ether oxygens (including phenoxy) is 1. The van der Waals surface area contributed by atoms with Gasteiger partial charge in [-0.3, -0.25) is 9.80 Å². The van der Waals surface area contributed by atoms with Gasteiger partial charge in [-0.05, 0) is 43.3 Å². The lowest BCUT2D eigenvalue weighted by Gasteiger charge is -2.36. The Labute approximate surface area is 138 Å². The molecule has 1 unspecified atom stereocenters. The zero-order chi connectivity index (χ0) is 15.2. The topological polar surface area (TPSA) is 27.7 Å². The smallest absolute Gasteiger partial charge is 0.0594 e. The first-order chi connectivity index (χ1) is 10.8. The highest BCUT2D eigenvalue weighted by atomic mass is 32.1. The predicted octanol–water partition coefficient (Wildman–Crippen LogP) is 1.94. The van der Waals surface area contributed by atoms with Crippen LogP contribution >= 0.6 is 11.3 Å². The Kier molecular flexibility index (Phi) is 6.27. The van der Waals surface area contributed by atoms with Crippen molar-refractivity contribution in [1.29, 1.82) is 0 Å². The zero-order valence-electron chi connectivity index (χ0n) is 13.7. The van der Waals surface area contributed by atoms with E-state index in [-0.39, 0.29) is 0 Å². The van der Waals surface area contributed by atoms with Gasteiger partial charge in [0.15, 0.2) is 0 Å². The van der Waals surface area contributed by atoms with Gasteiger partial charge in [-0.1, -0.05) is 0 Å². The Morgan fingerprint density at radius 2 is 2.27 bits per heavy atom. The van der Waals surface area contributed by atoms with Crippen LogP contribution in [0, 0.1) is 6.92 Å². The molecule has 22 heavy (non-hydrogen) atoms. The van der Waals surface area contributed by atoms with E-state index in [0.717, 1.165) is 39.4 Å². The summed E-state index contributed by atoms with van der Waals surface area (Å²) in [6.07, 6.45) is 2.64. The molecule has 0 spiro atoms. The molecule has 2 fully saturated rings. The second-order valence-corrected chi connectivity index (χ2v) is 7.45. The average Bonchev–Trinajstić information content (AvgIpc) is 2.98. The molecule has 2 saturated heterocycles. The molecule has 1 N–H and O–H groups in total. The summed E-state index contributed by atoms with van der Waals surface area (Å²) < 4.78 is 5.46. The number of piperidine rings is 1. The molecular weight excluding hydrogens is 294 g/mol. The molecule has 0 saturated carbocycles. The number of nitrogens with one attached hydrogen (secondary N) is 1. The number of rotatable bonds is 6. The fraction of sp³-hybridized carbons (Fsp3) is 0.765. The number of nitrogens with zero attached hydrogens (tertiary/aromatic N) is 2. The molecule has 124 valence electrons. The largest absolute Gasteiger partial charge is 0.379 e. The first-order valence-electron chi connectivity index (χ1n) is 8.61. The average molecular weight is 324 g/mol. The molecule has 1 atom stereocenters. The Morgan fingerprint density at radius 3 is 2.95 bits per heavy atom. The molecule has 0 bridgehead atoms. The summed E-state index contributed by atoms with van der Waals surface area (Å²) in [5.74, 6) is 0. The number of aryl methyl sites for hydroxylation is 1. The molecule has 0 radical (unpaired) electrons. The molecule has 4 nitrogen and oxygen atoms in total. The molecular formula is C17H29N3OS. The third-order valence-corrected chi connectivity index (χ3v) is 5.92. The third-order valence-electron chi connectivity index (χ3n) is 4.91. The molecule has 1 aromatic rings. The number of thiophene rings is 1. The second-order valence-electron chi connectivity index (χ2n) is 6.45. The normalized spacial score (nSPS) is 24.0. The van der Waals surface area contributed by atoms with Gasteiger partial charge in [0, 0.05) is 50.2 Å². The van der Waals surface area contributed by atoms with Crippen molar-refractivity contribution >= 4 is 11.3 Å². The van der Waals surface area contributed by atoms with Crippen LogP contribution < -0.4 is 5.32 Å². The minimum Gasteiger partial charge on any atom is -0.379 e. The minimum absolute atomic E-state index is 0.691. The van der Waals surface area contributed by atoms with Gasteiger partial charge >= 0.3 is 0 Å². The van der Waals surface area contributed by atoms with Crippen molar-refractivity contribution < 1.29 is 4.74 Å². The molecule has 0 amide bonds. The van der Waals surface area contributed by atoms with Gasteiger partial charge in [0.2, 0.25) is 0 Å². The number of hydrogen-bond acceptors (Lipinski definition) is 5. The highest BCUT2D eigenvalue weighted by Crippen LogP contribution is 2.21. The van der Waals surface area contributed by atoms with Crippen molar-refractivity contribution in [1.82, 2.24) is 15.1 Å². The Morgan fingerprint density at radius 1 is 1.41 bits per heavy atom. The molecule has 0 aliphatic carbocycles. The van der Waals surface area contributed by atoms with E-state index < -0.39 is 0 Å². The fourth-order valence-electron chi connectivity index (χ4n) is 3.38. The maximum atomic E-state index is 5.46. The summed E-state index contributed by atoms with van der Waals surface area (Å²) in [5, 5.41) is 5.80. The Bertz CT molecular complexity index is 439. The van der Waals surface area contributed by atoms with E-state index in [1.54, 1.807) is 0 Å². The van der Waals surface area contributed by atoms with Crippen LogP contribution in [0.2, 0.25) is 0 Å². The SMILES string of the molecule is Cc1ccsc1CN(CCN1CCOCC1)C1CCCNC1. The van der Waals surface area contributed by atoms with E-state index in [9.17, 15) is 0 Å². The molecule has 0 aromatic carbocycles. The van der Waals surface area contributed by atoms with E-state index in [4.69, 9.17) is 4.74 Å². The Hall–Kier alpha value is -0.460. The third kappa shape index (κ3) is 4.52. The molecule has 5 heteroatoms. The minimum atomic E-state index is 0.691. The van der Waals surface area contributed by atoms with Crippen LogP contribution in [0.1, 0.15) is 23.3 Å². The number of hydrogen-bond donors (Lipinski definition) is 1. The molecule has 3 heterocycles. The van der Waals surface area contributed by atoms with Crippen molar-refractivity contribution in [2.24, 2.45) is 0 Å². The summed E-state index contributed by atoms with van der Waals surface area (Å²) >= 11 is 1.91. The summed E-state index contributed by atoms with van der Waals surface area (Å²) in [6.45, 7) is 12.0. The summed E-state index contributed by atoms with van der Waals surface area (Å²) in [5.41, 5.74) is 1.45. The first kappa shape index (κ1) is 16.4. The van der Waals surface area contributed by atoms with Crippen molar-refractivity contribution in [2.75, 3.05) is 52.5 Å². The predicted molar refractivity (Wildman–Crippen MR) is 92.6 cm³/mol. The second kappa shape index (κ2) is 8.41. The highest BCUT2D eigenvalue weighted by molar-refractivity contribution is 7.10. The highest BCUT2D eigenvalue weighted by Gasteiger charge is 2.23. The molecule has 3 rings (SSSR count). The lowest BCUT2D eigenvalue weighted by Crippen LogP contribution is -2.49. The van der Waals surface area contributed by atoms with E-state index in [1.165, 1.54) is 42.9 Å². The Balaban J connectivity index is 1.58. The van der Waals surface area contributed by atoms with Crippen molar-refractivity contribution in [3.8, 4) is 0 Å². The van der Waals surface area contributed by atoms with Crippen molar-refractivity contribution in [2.45, 2.75) is 32.4 Å². The van der Waals surface area contributed by atoms with Gasteiger partial charge in [-0.15, -0.1) is 11.3 Å². The standard InChI is InChI=1S/C17H29N3OS/c1-15-4-12-22-17(15)14-20(16-3-2-5-18-13-16)7-6-19-8-10-21-11-9-19/h4,12,16,18H,2-3,5-11,13-14H2,1H3. The maximum absolute atomic E-state index is 5.46. The van der Waals surface area contributed by atoms with E-state index in [0.29, 0.717) is 6.04 Å². The maximum Gasteiger partial charge on any atom is 0.0594 e. The lowest BCUT2D eigenvalue weighted by atomic mass is 10.1. The van der Waals surface area contributed by atoms with E-state index >= 15 is 0 Å². The quantitative estimate of drug-likeness (QED) is 0.866. The van der Waals surface area contributed by atoms with Gasteiger partial charge in [-0.25, -0.2) is 0 Å². The van der Waals surface area contributed by atoms with Crippen LogP contribution in [-0.2, 0) is 11.3 Å². The lowest BCUT2D eigenvalue weighted by molar-refractivity contribution is 0.0291. The summed E-state index contributed by atoms with van der Waals surface area (Å²) in [7, 11) is 0. The first-order valence-corrected chi connectivity index (χ1v) is 9.49. The van der Waals surface area contributed by atoms with Gasteiger partial charge in [-0.2, -0.15) is 0 Å². The van der Waals surface area contributed by atoms with Gasteiger partial charge in [0.05, 0.1) is 13.2 Å². The number of morpholine rings is 1. The van der Waals surface area contributed by atoms with Crippen LogP contribution in [0.4, 0.5) is 0 Å². The van der Waals surface area contributed by atoms with Crippen LogP contribution in [0.3, 0.4) is 0 Å². The van der Waals surface area contributed by atoms with Crippen molar-refractivity contribution in [3.63, 3.8) is 0 Å². The van der Waals surface area contributed by atoms with Gasteiger partial charge in [0.25, 0.3) is 0 Å². The monoisotopic (exact) mass is 323 g/mol. The van der Waals surface area contributed by atoms with Gasteiger partial charge < -0.3 is 10.1 Å². The summed E-state index contributed by atoms with van der Waals surface area (Å²) in [4.78, 5) is 6.79. The van der Waals surface area contributed by atoms with Crippen LogP contribution in [0.15, 0.2) is 11.4 Å². The van der Waals surface area contributed by atoms with Crippen molar-refractivity contribution in [3.05, 3.63) is 21.9 Å². The fourth-order valence-corrected chi connectivity index (χ4v) is 4.31. The van der Waals surface area contributed by atoms with Crippen LogP contribution in [0.25, 0.3) is 0 Å². The van der Waals surface area contributed by atoms with Crippen LogP contribution in [0.5, 0.6) is 0 Å².